The Balaban J connectivity index is 1.35. The molecule has 2 aliphatic carbocycles. The molecular weight excluding hydrogens is 623 g/mol. The highest BCUT2D eigenvalue weighted by atomic mass is 19.1. The van der Waals surface area contributed by atoms with E-state index < -0.39 is 82.9 Å². The predicted octanol–water partition coefficient (Wildman–Crippen LogP) is 1.95. The lowest BCUT2D eigenvalue weighted by Gasteiger charge is -2.33. The van der Waals surface area contributed by atoms with Gasteiger partial charge >= 0.3 is 24.1 Å². The Morgan fingerprint density at radius 2 is 1.87 bits per heavy atom. The molecule has 5 atom stereocenters. The molecule has 5 rings (SSSR count). The Morgan fingerprint density at radius 3 is 2.43 bits per heavy atom. The number of benzene rings is 1. The van der Waals surface area contributed by atoms with Crippen LogP contribution in [0.15, 0.2) is 30.9 Å². The molecule has 1 saturated heterocycles. The highest BCUT2D eigenvalue weighted by Crippen LogP contribution is 2.45. The average Bonchev–Trinajstić information content (AvgIpc) is 3.85. The summed E-state index contributed by atoms with van der Waals surface area (Å²) in [5.41, 5.74) is -2.26. The third-order valence-electron chi connectivity index (χ3n) is 9.21. The van der Waals surface area contributed by atoms with Gasteiger partial charge in [-0.05, 0) is 24.0 Å². The van der Waals surface area contributed by atoms with Crippen molar-refractivity contribution in [1.82, 2.24) is 20.2 Å². The van der Waals surface area contributed by atoms with E-state index in [0.717, 1.165) is 12.0 Å². The smallest absolute Gasteiger partial charge is 0.435 e. The maximum Gasteiger partial charge on any atom is 0.435 e. The number of amides is 4. The Hall–Kier alpha value is -4.73. The number of carbonyl (C=O) groups is 6. The van der Waals surface area contributed by atoms with E-state index in [0.29, 0.717) is 11.1 Å². The van der Waals surface area contributed by atoms with Gasteiger partial charge in [-0.1, -0.05) is 32.1 Å². The molecule has 0 spiro atoms. The second-order valence-corrected chi connectivity index (χ2v) is 12.7. The molecule has 16 heteroatoms. The van der Waals surface area contributed by atoms with Gasteiger partial charge in [-0.2, -0.15) is 5.06 Å². The summed E-state index contributed by atoms with van der Waals surface area (Å²) in [6.45, 7) is 6.34. The number of esters is 1. The molecule has 47 heavy (non-hydrogen) atoms. The van der Waals surface area contributed by atoms with Crippen molar-refractivity contribution < 1.29 is 57.7 Å². The lowest BCUT2D eigenvalue weighted by atomic mass is 10.0. The van der Waals surface area contributed by atoms with Gasteiger partial charge in [-0.25, -0.2) is 23.6 Å². The quantitative estimate of drug-likeness (QED) is 0.109. The van der Waals surface area contributed by atoms with Gasteiger partial charge in [0, 0.05) is 37.3 Å². The summed E-state index contributed by atoms with van der Waals surface area (Å²) in [6, 6.07) is 1.50. The van der Waals surface area contributed by atoms with Crippen LogP contribution in [0.1, 0.15) is 50.7 Å². The van der Waals surface area contributed by atoms with E-state index in [9.17, 15) is 43.5 Å². The van der Waals surface area contributed by atoms with Crippen molar-refractivity contribution in [3.05, 3.63) is 47.8 Å². The topological polar surface area (TPSA) is 192 Å². The van der Waals surface area contributed by atoms with Gasteiger partial charge in [0.15, 0.2) is 0 Å². The van der Waals surface area contributed by atoms with Gasteiger partial charge in [0.1, 0.15) is 29.5 Å². The second kappa shape index (κ2) is 12.5. The SMILES string of the molecule is C=C[C@@H]1CC1(NC(=O)[C@@H]1C[C@@H](OC(=O)N2Cc3cccc(F)c3C2)CN1C(=O)C(C(C)C)N(O)C(=O)OC1(C(=O)OC)CC1)C(=O)O. The Labute approximate surface area is 269 Å². The molecule has 4 amide bonds. The van der Waals surface area contributed by atoms with Crippen molar-refractivity contribution in [1.29, 1.82) is 0 Å². The monoisotopic (exact) mass is 660 g/mol. The third-order valence-corrected chi connectivity index (χ3v) is 9.21. The van der Waals surface area contributed by atoms with Crippen LogP contribution in [-0.4, -0.2) is 104 Å². The standard InChI is InChI=1S/C31H37FN4O11/c1-5-18-12-31(18,26(39)40)33-24(37)22-11-19(46-28(42)34-13-17-7-6-8-21(32)20(17)15-34)14-35(22)25(38)23(16(2)3)36(44)29(43)47-30(9-10-30)27(41)45-4/h5-8,16,18-19,22-23,44H,1,9-15H2,2-4H3,(H,33,37)(H,39,40)/t18-,19-,22+,23?,31?/m1/s1. The number of fused-ring (bicyclic) bond motifs is 1. The van der Waals surface area contributed by atoms with Crippen LogP contribution >= 0.6 is 0 Å². The maximum atomic E-state index is 14.3. The minimum Gasteiger partial charge on any atom is -0.479 e. The van der Waals surface area contributed by atoms with Gasteiger partial charge in [-0.3, -0.25) is 19.7 Å². The predicted molar refractivity (Wildman–Crippen MR) is 156 cm³/mol. The van der Waals surface area contributed by atoms with E-state index in [4.69, 9.17) is 9.47 Å². The molecule has 3 N–H and O–H groups in total. The van der Waals surface area contributed by atoms with Gasteiger partial charge < -0.3 is 29.5 Å². The van der Waals surface area contributed by atoms with Crippen molar-refractivity contribution in [3.63, 3.8) is 0 Å². The molecule has 0 bridgehead atoms. The van der Waals surface area contributed by atoms with Crippen LogP contribution in [0.25, 0.3) is 0 Å². The summed E-state index contributed by atoms with van der Waals surface area (Å²) in [4.78, 5) is 80.2. The number of hydrogen-bond acceptors (Lipinski definition) is 10. The van der Waals surface area contributed by atoms with Crippen molar-refractivity contribution >= 4 is 35.9 Å². The molecule has 0 aromatic heterocycles. The summed E-state index contributed by atoms with van der Waals surface area (Å²) in [7, 11) is 1.11. The first-order valence-corrected chi connectivity index (χ1v) is 15.2. The zero-order valence-corrected chi connectivity index (χ0v) is 26.1. The van der Waals surface area contributed by atoms with Crippen LogP contribution in [-0.2, 0) is 46.5 Å². The lowest BCUT2D eigenvalue weighted by Crippen LogP contribution is -2.58. The summed E-state index contributed by atoms with van der Waals surface area (Å²) < 4.78 is 29.8. The molecule has 15 nitrogen and oxygen atoms in total. The first kappa shape index (κ1) is 33.6. The highest BCUT2D eigenvalue weighted by Gasteiger charge is 2.62. The van der Waals surface area contributed by atoms with Gasteiger partial charge in [0.05, 0.1) is 20.2 Å². The fourth-order valence-corrected chi connectivity index (χ4v) is 6.24. The number of carboxylic acids is 1. The molecule has 1 aromatic carbocycles. The van der Waals surface area contributed by atoms with Crippen LogP contribution in [0.2, 0.25) is 0 Å². The normalized spacial score (nSPS) is 25.7. The fraction of sp³-hybridized carbons (Fsp3) is 0.548. The van der Waals surface area contributed by atoms with E-state index in [-0.39, 0.29) is 50.4 Å². The summed E-state index contributed by atoms with van der Waals surface area (Å²) >= 11 is 0. The van der Waals surface area contributed by atoms with Gasteiger partial charge in [0.25, 0.3) is 0 Å². The zero-order chi connectivity index (χ0) is 34.4. The summed E-state index contributed by atoms with van der Waals surface area (Å²) in [6.07, 6.45) is -1.71. The minimum absolute atomic E-state index is 0.0474. The Kier molecular flexibility index (Phi) is 8.92. The number of nitrogens with zero attached hydrogens (tertiary/aromatic N) is 3. The number of hydrogen-bond donors (Lipinski definition) is 3. The van der Waals surface area contributed by atoms with E-state index in [1.165, 1.54) is 37.0 Å². The maximum absolute atomic E-state index is 14.3. The average molecular weight is 661 g/mol. The van der Waals surface area contributed by atoms with E-state index in [1.54, 1.807) is 6.07 Å². The van der Waals surface area contributed by atoms with E-state index >= 15 is 0 Å². The van der Waals surface area contributed by atoms with Crippen LogP contribution in [0.5, 0.6) is 0 Å². The fourth-order valence-electron chi connectivity index (χ4n) is 6.24. The molecule has 2 unspecified atom stereocenters. The number of likely N-dealkylation sites (tertiary alicyclic amines) is 1. The minimum atomic E-state index is -1.63. The Bertz CT molecular complexity index is 1510. The number of aliphatic carboxylic acids is 1. The number of hydroxylamine groups is 2. The molecule has 2 aliphatic heterocycles. The molecule has 2 saturated carbocycles. The van der Waals surface area contributed by atoms with Crippen LogP contribution in [0.3, 0.4) is 0 Å². The Morgan fingerprint density at radius 1 is 1.17 bits per heavy atom. The van der Waals surface area contributed by atoms with Crippen LogP contribution in [0.4, 0.5) is 14.0 Å². The second-order valence-electron chi connectivity index (χ2n) is 12.7. The summed E-state index contributed by atoms with van der Waals surface area (Å²) in [5, 5.41) is 23.3. The van der Waals surface area contributed by atoms with E-state index in [2.05, 4.69) is 16.6 Å². The number of carbonyl (C=O) groups excluding carboxylic acids is 5. The molecule has 4 aliphatic rings. The van der Waals surface area contributed by atoms with E-state index in [1.807, 2.05) is 0 Å². The van der Waals surface area contributed by atoms with Gasteiger partial charge in [-0.15, -0.1) is 6.58 Å². The third kappa shape index (κ3) is 6.21. The summed E-state index contributed by atoms with van der Waals surface area (Å²) in [5.74, 6) is -5.66. The zero-order valence-electron chi connectivity index (χ0n) is 26.1. The first-order chi connectivity index (χ1) is 22.2. The first-order valence-electron chi connectivity index (χ1n) is 15.2. The number of rotatable bonds is 10. The van der Waals surface area contributed by atoms with Crippen LogP contribution < -0.4 is 5.32 Å². The van der Waals surface area contributed by atoms with Crippen molar-refractivity contribution in [3.8, 4) is 0 Å². The van der Waals surface area contributed by atoms with Crippen LogP contribution in [0, 0.1) is 17.7 Å². The molecule has 0 radical (unpaired) electrons. The number of carboxylic acid groups (broad SMARTS) is 1. The molecule has 254 valence electrons. The molecule has 3 fully saturated rings. The number of halogens is 1. The molecule has 1 aromatic rings. The largest absolute Gasteiger partial charge is 0.479 e. The number of ether oxygens (including phenoxy) is 3. The van der Waals surface area contributed by atoms with Crippen molar-refractivity contribution in [2.45, 2.75) is 81.9 Å². The number of methoxy groups -OCH3 is 1. The molecular formula is C31H37FN4O11. The van der Waals surface area contributed by atoms with Gasteiger partial charge in [0.2, 0.25) is 17.4 Å². The lowest BCUT2D eigenvalue weighted by molar-refractivity contribution is -0.170. The number of nitrogens with one attached hydrogen (secondary N) is 1. The van der Waals surface area contributed by atoms with Crippen molar-refractivity contribution in [2.24, 2.45) is 11.8 Å². The molecule has 2 heterocycles. The highest BCUT2D eigenvalue weighted by molar-refractivity contribution is 5.96. The van der Waals surface area contributed by atoms with Crippen molar-refractivity contribution in [2.75, 3.05) is 13.7 Å².